The van der Waals surface area contributed by atoms with Crippen molar-refractivity contribution in [2.24, 2.45) is 17.8 Å². The largest absolute Gasteiger partial charge is 0.452 e. The first-order valence-electron chi connectivity index (χ1n) is 9.48. The number of hydrogen-bond donors (Lipinski definition) is 0. The maximum absolute atomic E-state index is 12.7. The fourth-order valence-corrected chi connectivity index (χ4v) is 4.60. The Labute approximate surface area is 162 Å². The number of fused-ring (bicyclic) bond motifs is 3. The van der Waals surface area contributed by atoms with Crippen molar-refractivity contribution in [2.45, 2.75) is 25.9 Å². The molecule has 0 heterocycles. The van der Waals surface area contributed by atoms with Crippen molar-refractivity contribution in [3.8, 4) is 11.1 Å². The highest BCUT2D eigenvalue weighted by atomic mass is 16.6. The van der Waals surface area contributed by atoms with Crippen molar-refractivity contribution in [2.75, 3.05) is 6.54 Å². The number of nitro groups is 1. The molecule has 0 aromatic heterocycles. The number of ether oxygens (including phenoxy) is 1. The van der Waals surface area contributed by atoms with Gasteiger partial charge in [-0.2, -0.15) is 0 Å². The van der Waals surface area contributed by atoms with E-state index >= 15 is 0 Å². The standard InChI is InChI=1S/C22H21NO5/c1-13-10-20(24)18(19(13)12-23(26)27)11-21(25)28-22-16-8-4-2-6-14(16)15-7-3-5-9-17(15)22/h2-9,13,18-19,22H,10-12H2,1H3/t13-,18+,19+/m0/s1. The van der Waals surface area contributed by atoms with Crippen LogP contribution in [-0.2, 0) is 14.3 Å². The van der Waals surface area contributed by atoms with E-state index < -0.39 is 28.8 Å². The summed E-state index contributed by atoms with van der Waals surface area (Å²) in [6.45, 7) is 1.54. The molecule has 2 aliphatic carbocycles. The molecule has 28 heavy (non-hydrogen) atoms. The summed E-state index contributed by atoms with van der Waals surface area (Å²) >= 11 is 0. The lowest BCUT2D eigenvalue weighted by Gasteiger charge is -2.19. The van der Waals surface area contributed by atoms with Crippen LogP contribution < -0.4 is 0 Å². The fraction of sp³-hybridized carbons (Fsp3) is 0.364. The summed E-state index contributed by atoms with van der Waals surface area (Å²) in [5.74, 6) is -1.72. The second-order valence-corrected chi connectivity index (χ2v) is 7.68. The number of nitrogens with zero attached hydrogens (tertiary/aromatic N) is 1. The van der Waals surface area contributed by atoms with Gasteiger partial charge in [0, 0.05) is 34.3 Å². The molecule has 0 amide bonds. The molecule has 144 valence electrons. The van der Waals surface area contributed by atoms with E-state index in [9.17, 15) is 19.7 Å². The number of Topliss-reactive ketones (excluding diaryl/α,β-unsaturated/α-hetero) is 1. The van der Waals surface area contributed by atoms with Crippen molar-refractivity contribution >= 4 is 11.8 Å². The zero-order valence-corrected chi connectivity index (χ0v) is 15.5. The number of rotatable bonds is 5. The van der Waals surface area contributed by atoms with E-state index in [1.807, 2.05) is 55.5 Å². The second-order valence-electron chi connectivity index (χ2n) is 7.68. The lowest BCUT2D eigenvalue weighted by Crippen LogP contribution is -2.27. The zero-order valence-electron chi connectivity index (χ0n) is 15.5. The predicted octanol–water partition coefficient (Wildman–Crippen LogP) is 3.81. The Hall–Kier alpha value is -3.02. The summed E-state index contributed by atoms with van der Waals surface area (Å²) in [4.78, 5) is 35.6. The van der Waals surface area contributed by atoms with Crippen molar-refractivity contribution < 1.29 is 19.2 Å². The third-order valence-corrected chi connectivity index (χ3v) is 5.96. The normalized spacial score (nSPS) is 23.3. The minimum Gasteiger partial charge on any atom is -0.452 e. The van der Waals surface area contributed by atoms with Crippen LogP contribution in [0.25, 0.3) is 11.1 Å². The van der Waals surface area contributed by atoms with Gasteiger partial charge in [-0.15, -0.1) is 0 Å². The Kier molecular flexibility index (Phi) is 4.71. The highest BCUT2D eigenvalue weighted by molar-refractivity contribution is 5.88. The molecule has 0 N–H and O–H groups in total. The van der Waals surface area contributed by atoms with E-state index in [-0.39, 0.29) is 31.1 Å². The van der Waals surface area contributed by atoms with Gasteiger partial charge in [0.2, 0.25) is 6.54 Å². The molecule has 0 saturated heterocycles. The minimum atomic E-state index is -0.639. The summed E-state index contributed by atoms with van der Waals surface area (Å²) in [7, 11) is 0. The van der Waals surface area contributed by atoms with Crippen LogP contribution in [0.3, 0.4) is 0 Å². The van der Waals surface area contributed by atoms with E-state index in [0.717, 1.165) is 22.3 Å². The van der Waals surface area contributed by atoms with Crippen molar-refractivity contribution in [3.63, 3.8) is 0 Å². The number of benzene rings is 2. The first-order chi connectivity index (χ1) is 13.5. The monoisotopic (exact) mass is 379 g/mol. The Morgan fingerprint density at radius 2 is 1.68 bits per heavy atom. The van der Waals surface area contributed by atoms with Crippen LogP contribution in [0.4, 0.5) is 0 Å². The van der Waals surface area contributed by atoms with Crippen LogP contribution in [0.2, 0.25) is 0 Å². The summed E-state index contributed by atoms with van der Waals surface area (Å²) in [5.41, 5.74) is 3.91. The van der Waals surface area contributed by atoms with E-state index in [1.54, 1.807) is 0 Å². The lowest BCUT2D eigenvalue weighted by atomic mass is 9.88. The molecular weight excluding hydrogens is 358 g/mol. The molecule has 2 aliphatic rings. The molecule has 2 aromatic rings. The number of carbonyl (C=O) groups excluding carboxylic acids is 2. The quantitative estimate of drug-likeness (QED) is 0.448. The molecule has 1 fully saturated rings. The first kappa shape index (κ1) is 18.3. The molecule has 0 aliphatic heterocycles. The van der Waals surface area contributed by atoms with Gasteiger partial charge in [-0.3, -0.25) is 19.7 Å². The molecule has 2 aromatic carbocycles. The number of ketones is 1. The van der Waals surface area contributed by atoms with Crippen LogP contribution in [0.1, 0.15) is 37.0 Å². The molecule has 0 spiro atoms. The second kappa shape index (κ2) is 7.19. The number of hydrogen-bond acceptors (Lipinski definition) is 5. The lowest BCUT2D eigenvalue weighted by molar-refractivity contribution is -0.490. The van der Waals surface area contributed by atoms with E-state index in [1.165, 1.54) is 0 Å². The van der Waals surface area contributed by atoms with Gasteiger partial charge in [0.15, 0.2) is 6.10 Å². The Balaban J connectivity index is 1.54. The van der Waals surface area contributed by atoms with E-state index in [2.05, 4.69) is 0 Å². The summed E-state index contributed by atoms with van der Waals surface area (Å²) in [5, 5.41) is 11.0. The third-order valence-electron chi connectivity index (χ3n) is 5.96. The summed E-state index contributed by atoms with van der Waals surface area (Å²) in [6, 6.07) is 15.6. The Morgan fingerprint density at radius 3 is 2.25 bits per heavy atom. The maximum Gasteiger partial charge on any atom is 0.307 e. The maximum atomic E-state index is 12.7. The van der Waals surface area contributed by atoms with Crippen LogP contribution in [-0.4, -0.2) is 23.2 Å². The summed E-state index contributed by atoms with van der Waals surface area (Å²) in [6.07, 6.45) is -0.337. The highest BCUT2D eigenvalue weighted by Crippen LogP contribution is 2.45. The molecule has 0 radical (unpaired) electrons. The third kappa shape index (κ3) is 3.19. The van der Waals surface area contributed by atoms with Gasteiger partial charge in [0.25, 0.3) is 0 Å². The highest BCUT2D eigenvalue weighted by Gasteiger charge is 2.44. The smallest absolute Gasteiger partial charge is 0.307 e. The first-order valence-corrected chi connectivity index (χ1v) is 9.48. The fourth-order valence-electron chi connectivity index (χ4n) is 4.60. The molecule has 0 bridgehead atoms. The average molecular weight is 379 g/mol. The van der Waals surface area contributed by atoms with Gasteiger partial charge in [-0.1, -0.05) is 55.5 Å². The van der Waals surface area contributed by atoms with Gasteiger partial charge in [-0.25, -0.2) is 0 Å². The minimum absolute atomic E-state index is 0.0801. The van der Waals surface area contributed by atoms with Crippen molar-refractivity contribution in [3.05, 3.63) is 69.8 Å². The van der Waals surface area contributed by atoms with E-state index in [4.69, 9.17) is 4.74 Å². The zero-order chi connectivity index (χ0) is 19.8. The van der Waals surface area contributed by atoms with Crippen LogP contribution in [0.15, 0.2) is 48.5 Å². The van der Waals surface area contributed by atoms with Crippen LogP contribution in [0.5, 0.6) is 0 Å². The molecule has 6 nitrogen and oxygen atoms in total. The van der Waals surface area contributed by atoms with Crippen molar-refractivity contribution in [1.29, 1.82) is 0 Å². The number of carbonyl (C=O) groups is 2. The van der Waals surface area contributed by atoms with Gasteiger partial charge in [-0.05, 0) is 17.0 Å². The summed E-state index contributed by atoms with van der Waals surface area (Å²) < 4.78 is 5.80. The van der Waals surface area contributed by atoms with Gasteiger partial charge in [0.05, 0.1) is 6.42 Å². The average Bonchev–Trinajstić information content (AvgIpc) is 3.11. The Bertz CT molecular complexity index is 908. The SMILES string of the molecule is C[C@H]1CC(=O)[C@H](CC(=O)OC2c3ccccc3-c3ccccc32)[C@@H]1C[N+](=O)[O-]. The topological polar surface area (TPSA) is 86.5 Å². The van der Waals surface area contributed by atoms with Crippen LogP contribution in [0, 0.1) is 27.9 Å². The van der Waals surface area contributed by atoms with Gasteiger partial charge < -0.3 is 4.74 Å². The Morgan fingerprint density at radius 1 is 1.11 bits per heavy atom. The van der Waals surface area contributed by atoms with Gasteiger partial charge >= 0.3 is 5.97 Å². The van der Waals surface area contributed by atoms with Gasteiger partial charge in [0.1, 0.15) is 5.78 Å². The van der Waals surface area contributed by atoms with E-state index in [0.29, 0.717) is 0 Å². The molecule has 1 saturated carbocycles. The van der Waals surface area contributed by atoms with Crippen molar-refractivity contribution in [1.82, 2.24) is 0 Å². The number of esters is 1. The molecular formula is C22H21NO5. The molecule has 4 rings (SSSR count). The molecule has 0 unspecified atom stereocenters. The molecule has 3 atom stereocenters. The van der Waals surface area contributed by atoms with Crippen LogP contribution >= 0.6 is 0 Å². The molecule has 6 heteroatoms. The predicted molar refractivity (Wildman–Crippen MR) is 102 cm³/mol.